The minimum absolute atomic E-state index is 0.0940. The van der Waals surface area contributed by atoms with Crippen molar-refractivity contribution in [2.24, 2.45) is 5.10 Å². The van der Waals surface area contributed by atoms with Crippen LogP contribution in [0.3, 0.4) is 0 Å². The van der Waals surface area contributed by atoms with E-state index in [4.69, 9.17) is 16.3 Å². The normalized spacial score (nSPS) is 11.9. The fraction of sp³-hybridized carbons (Fsp3) is 0.250. The third-order valence-corrected chi connectivity index (χ3v) is 4.13. The minimum Gasteiger partial charge on any atom is -0.487 e. The van der Waals surface area contributed by atoms with E-state index < -0.39 is 11.8 Å². The highest BCUT2D eigenvalue weighted by atomic mass is 35.5. The van der Waals surface area contributed by atoms with Crippen molar-refractivity contribution in [3.63, 3.8) is 0 Å². The van der Waals surface area contributed by atoms with Gasteiger partial charge >= 0.3 is 11.8 Å². The Morgan fingerprint density at radius 3 is 2.57 bits per heavy atom. The van der Waals surface area contributed by atoms with Crippen LogP contribution in [0.4, 0.5) is 4.39 Å². The maximum atomic E-state index is 12.9. The first-order valence-corrected chi connectivity index (χ1v) is 9.07. The SMILES string of the molecule is CC[C@H](C)NC(=O)C(=O)N/N=C\c1ccc(OCc2ccc(F)cc2)c(Cl)c1. The van der Waals surface area contributed by atoms with Crippen molar-refractivity contribution in [2.45, 2.75) is 32.9 Å². The van der Waals surface area contributed by atoms with Gasteiger partial charge < -0.3 is 10.1 Å². The molecule has 8 heteroatoms. The van der Waals surface area contributed by atoms with Gasteiger partial charge in [-0.05, 0) is 54.8 Å². The number of nitrogens with one attached hydrogen (secondary N) is 2. The minimum atomic E-state index is -0.845. The van der Waals surface area contributed by atoms with Crippen LogP contribution in [0.1, 0.15) is 31.4 Å². The molecule has 0 aliphatic carbocycles. The Bertz CT molecular complexity index is 856. The number of hydrogen-bond acceptors (Lipinski definition) is 4. The van der Waals surface area contributed by atoms with E-state index in [2.05, 4.69) is 15.8 Å². The predicted octanol–water partition coefficient (Wildman–Crippen LogP) is 3.42. The number of amides is 2. The summed E-state index contributed by atoms with van der Waals surface area (Å²) in [6.07, 6.45) is 2.08. The van der Waals surface area contributed by atoms with Gasteiger partial charge in [-0.25, -0.2) is 9.82 Å². The van der Waals surface area contributed by atoms with Gasteiger partial charge in [-0.1, -0.05) is 30.7 Å². The Morgan fingerprint density at radius 2 is 1.93 bits per heavy atom. The summed E-state index contributed by atoms with van der Waals surface area (Å²) in [6, 6.07) is 10.8. The molecular weight excluding hydrogens is 385 g/mol. The number of ether oxygens (including phenoxy) is 1. The molecule has 2 rings (SSSR count). The Balaban J connectivity index is 1.89. The summed E-state index contributed by atoms with van der Waals surface area (Å²) < 4.78 is 18.5. The predicted molar refractivity (Wildman–Crippen MR) is 106 cm³/mol. The zero-order valence-electron chi connectivity index (χ0n) is 15.5. The summed E-state index contributed by atoms with van der Waals surface area (Å²) in [5.74, 6) is -1.44. The number of carbonyl (C=O) groups is 2. The number of benzene rings is 2. The molecule has 0 bridgehead atoms. The van der Waals surface area contributed by atoms with Gasteiger partial charge in [-0.2, -0.15) is 5.10 Å². The van der Waals surface area contributed by atoms with Crippen LogP contribution in [0.15, 0.2) is 47.6 Å². The molecule has 0 radical (unpaired) electrons. The van der Waals surface area contributed by atoms with Crippen molar-refractivity contribution in [3.05, 3.63) is 64.4 Å². The summed E-state index contributed by atoms with van der Waals surface area (Å²) in [5.41, 5.74) is 3.58. The Kier molecular flexibility index (Phi) is 7.95. The van der Waals surface area contributed by atoms with E-state index in [0.717, 1.165) is 12.0 Å². The molecule has 0 fully saturated rings. The molecule has 0 aliphatic rings. The first-order valence-electron chi connectivity index (χ1n) is 8.69. The van der Waals surface area contributed by atoms with Gasteiger partial charge in [0.25, 0.3) is 0 Å². The van der Waals surface area contributed by atoms with Gasteiger partial charge in [-0.15, -0.1) is 0 Å². The van der Waals surface area contributed by atoms with Crippen LogP contribution in [0.2, 0.25) is 5.02 Å². The van der Waals surface area contributed by atoms with Crippen LogP contribution in [0.25, 0.3) is 0 Å². The molecule has 148 valence electrons. The maximum absolute atomic E-state index is 12.9. The number of rotatable bonds is 7. The number of carbonyl (C=O) groups excluding carboxylic acids is 2. The van der Waals surface area contributed by atoms with Gasteiger partial charge in [0, 0.05) is 6.04 Å². The molecule has 0 unspecified atom stereocenters. The molecule has 0 saturated carbocycles. The van der Waals surface area contributed by atoms with Crippen molar-refractivity contribution in [1.29, 1.82) is 0 Å². The van der Waals surface area contributed by atoms with Crippen LogP contribution in [0, 0.1) is 5.82 Å². The number of hydrogen-bond donors (Lipinski definition) is 2. The molecule has 28 heavy (non-hydrogen) atoms. The zero-order chi connectivity index (χ0) is 20.5. The second-order valence-corrected chi connectivity index (χ2v) is 6.49. The molecule has 0 heterocycles. The maximum Gasteiger partial charge on any atom is 0.329 e. The van der Waals surface area contributed by atoms with Crippen LogP contribution in [-0.4, -0.2) is 24.1 Å². The summed E-state index contributed by atoms with van der Waals surface area (Å²) >= 11 is 6.19. The standard InChI is InChI=1S/C20H21ClFN3O3/c1-3-13(2)24-19(26)20(27)25-23-11-15-6-9-18(17(21)10-15)28-12-14-4-7-16(22)8-5-14/h4-11,13H,3,12H2,1-2H3,(H,24,26)(H,25,27)/b23-11-/t13-/m0/s1. The third kappa shape index (κ3) is 6.66. The number of nitrogens with zero attached hydrogens (tertiary/aromatic N) is 1. The van der Waals surface area contributed by atoms with E-state index in [1.54, 1.807) is 37.3 Å². The topological polar surface area (TPSA) is 79.8 Å². The average molecular weight is 406 g/mol. The average Bonchev–Trinajstić information content (AvgIpc) is 2.68. The first kappa shape index (κ1) is 21.4. The number of hydrazone groups is 1. The lowest BCUT2D eigenvalue weighted by Crippen LogP contribution is -2.41. The first-order chi connectivity index (χ1) is 13.4. The molecule has 0 saturated heterocycles. The van der Waals surface area contributed by atoms with Crippen molar-refractivity contribution in [1.82, 2.24) is 10.7 Å². The van der Waals surface area contributed by atoms with Crippen molar-refractivity contribution < 1.29 is 18.7 Å². The molecule has 0 spiro atoms. The Morgan fingerprint density at radius 1 is 1.21 bits per heavy atom. The molecule has 6 nitrogen and oxygen atoms in total. The fourth-order valence-corrected chi connectivity index (χ4v) is 2.31. The molecule has 0 aliphatic heterocycles. The lowest BCUT2D eigenvalue weighted by atomic mass is 10.2. The van der Waals surface area contributed by atoms with Crippen LogP contribution in [0.5, 0.6) is 5.75 Å². The molecule has 0 aromatic heterocycles. The van der Waals surface area contributed by atoms with E-state index in [1.807, 2.05) is 6.92 Å². The summed E-state index contributed by atoms with van der Waals surface area (Å²) in [4.78, 5) is 23.2. The molecule has 2 amide bonds. The largest absolute Gasteiger partial charge is 0.487 e. The van der Waals surface area contributed by atoms with Crippen LogP contribution in [-0.2, 0) is 16.2 Å². The summed E-state index contributed by atoms with van der Waals surface area (Å²) in [5, 5.41) is 6.64. The Hall–Kier alpha value is -2.93. The second-order valence-electron chi connectivity index (χ2n) is 6.09. The van der Waals surface area contributed by atoms with E-state index in [1.165, 1.54) is 18.3 Å². The highest BCUT2D eigenvalue weighted by molar-refractivity contribution is 6.35. The third-order valence-electron chi connectivity index (χ3n) is 3.84. The van der Waals surface area contributed by atoms with Gasteiger partial charge in [0.15, 0.2) is 0 Å². The zero-order valence-corrected chi connectivity index (χ0v) is 16.3. The van der Waals surface area contributed by atoms with E-state index in [-0.39, 0.29) is 18.5 Å². The quantitative estimate of drug-likeness (QED) is 0.421. The second kappa shape index (κ2) is 10.4. The van der Waals surface area contributed by atoms with Crippen molar-refractivity contribution in [2.75, 3.05) is 0 Å². The van der Waals surface area contributed by atoms with Crippen molar-refractivity contribution in [3.8, 4) is 5.75 Å². The molecule has 1 atom stereocenters. The van der Waals surface area contributed by atoms with E-state index in [9.17, 15) is 14.0 Å². The summed E-state index contributed by atoms with van der Waals surface area (Å²) in [7, 11) is 0. The fourth-order valence-electron chi connectivity index (χ4n) is 2.06. The van der Waals surface area contributed by atoms with E-state index in [0.29, 0.717) is 16.3 Å². The molecule has 2 aromatic rings. The monoisotopic (exact) mass is 405 g/mol. The highest BCUT2D eigenvalue weighted by Gasteiger charge is 2.14. The lowest BCUT2D eigenvalue weighted by Gasteiger charge is -2.09. The van der Waals surface area contributed by atoms with Crippen LogP contribution < -0.4 is 15.5 Å². The molecule has 2 N–H and O–H groups in total. The smallest absolute Gasteiger partial charge is 0.329 e. The van der Waals surface area contributed by atoms with Crippen LogP contribution >= 0.6 is 11.6 Å². The highest BCUT2D eigenvalue weighted by Crippen LogP contribution is 2.25. The lowest BCUT2D eigenvalue weighted by molar-refractivity contribution is -0.139. The molecular formula is C20H21ClFN3O3. The van der Waals surface area contributed by atoms with Gasteiger partial charge in [0.05, 0.1) is 11.2 Å². The van der Waals surface area contributed by atoms with Crippen molar-refractivity contribution >= 4 is 29.6 Å². The van der Waals surface area contributed by atoms with E-state index >= 15 is 0 Å². The summed E-state index contributed by atoms with van der Waals surface area (Å²) in [6.45, 7) is 3.95. The molecule has 2 aromatic carbocycles. The van der Waals surface area contributed by atoms with Gasteiger partial charge in [0.2, 0.25) is 0 Å². The van der Waals surface area contributed by atoms with Gasteiger partial charge in [-0.3, -0.25) is 9.59 Å². The van der Waals surface area contributed by atoms with Gasteiger partial charge in [0.1, 0.15) is 18.2 Å². The number of halogens is 2. The Labute approximate surface area is 167 Å².